The van der Waals surface area contributed by atoms with E-state index in [1.54, 1.807) is 20.8 Å². The van der Waals surface area contributed by atoms with Crippen molar-refractivity contribution >= 4 is 21.9 Å². The molecule has 0 aromatic heterocycles. The minimum absolute atomic E-state index is 0.0805. The largest absolute Gasteiger partial charge is 0.480 e. The molecule has 0 saturated carbocycles. The number of aliphatic carboxylic acids is 1. The smallest absolute Gasteiger partial charge is 0.326 e. The molecule has 0 heterocycles. The van der Waals surface area contributed by atoms with Crippen LogP contribution in [0.15, 0.2) is 29.2 Å². The zero-order chi connectivity index (χ0) is 19.4. The minimum atomic E-state index is -3.63. The molecule has 25 heavy (non-hydrogen) atoms. The van der Waals surface area contributed by atoms with Crippen LogP contribution in [0.2, 0.25) is 0 Å². The van der Waals surface area contributed by atoms with E-state index in [4.69, 9.17) is 0 Å². The number of hydrogen-bond acceptors (Lipinski definition) is 4. The molecule has 0 aliphatic carbocycles. The second-order valence-electron chi connectivity index (χ2n) is 6.31. The summed E-state index contributed by atoms with van der Waals surface area (Å²) >= 11 is 0. The van der Waals surface area contributed by atoms with Crippen molar-refractivity contribution in [3.8, 4) is 0 Å². The summed E-state index contributed by atoms with van der Waals surface area (Å²) in [6, 6.07) is 4.27. The summed E-state index contributed by atoms with van der Waals surface area (Å²) < 4.78 is 26.0. The van der Waals surface area contributed by atoms with Crippen molar-refractivity contribution in [2.45, 2.75) is 51.1 Å². The Kier molecular flexibility index (Phi) is 7.13. The van der Waals surface area contributed by atoms with E-state index in [1.807, 2.05) is 6.92 Å². The second kappa shape index (κ2) is 8.44. The normalized spacial score (nSPS) is 14.4. The fraction of sp³-hybridized carbons (Fsp3) is 0.529. The molecule has 1 aromatic rings. The number of benzene rings is 1. The Balaban J connectivity index is 2.99. The third-order valence-corrected chi connectivity index (χ3v) is 6.33. The van der Waals surface area contributed by atoms with Gasteiger partial charge in [-0.1, -0.05) is 20.3 Å². The summed E-state index contributed by atoms with van der Waals surface area (Å²) in [5.74, 6) is -1.87. The number of carboxylic acids is 1. The molecule has 140 valence electrons. The molecule has 1 aromatic carbocycles. The van der Waals surface area contributed by atoms with Crippen LogP contribution in [0, 0.1) is 5.92 Å². The molecule has 0 spiro atoms. The second-order valence-corrected chi connectivity index (χ2v) is 8.31. The quantitative estimate of drug-likeness (QED) is 0.728. The van der Waals surface area contributed by atoms with Crippen molar-refractivity contribution in [1.82, 2.24) is 9.62 Å². The first kappa shape index (κ1) is 21.1. The van der Waals surface area contributed by atoms with E-state index < -0.39 is 27.9 Å². The highest BCUT2D eigenvalue weighted by atomic mass is 32.2. The molecule has 2 atom stereocenters. The van der Waals surface area contributed by atoms with Gasteiger partial charge in [-0.2, -0.15) is 4.31 Å². The third kappa shape index (κ3) is 5.02. The first-order valence-corrected chi connectivity index (χ1v) is 9.58. The van der Waals surface area contributed by atoms with Crippen LogP contribution in [-0.2, 0) is 14.8 Å². The molecule has 1 amide bonds. The van der Waals surface area contributed by atoms with E-state index in [1.165, 1.54) is 35.6 Å². The molecule has 2 unspecified atom stereocenters. The number of amides is 1. The Hall–Kier alpha value is -1.93. The lowest BCUT2D eigenvalue weighted by atomic mass is 9.99. The molecule has 0 fully saturated rings. The van der Waals surface area contributed by atoms with Gasteiger partial charge in [0.25, 0.3) is 5.91 Å². The van der Waals surface area contributed by atoms with Gasteiger partial charge < -0.3 is 10.4 Å². The first-order valence-electron chi connectivity index (χ1n) is 8.14. The predicted octanol–water partition coefficient (Wildman–Crippen LogP) is 1.94. The summed E-state index contributed by atoms with van der Waals surface area (Å²) in [7, 11) is -2.14. The maximum Gasteiger partial charge on any atom is 0.326 e. The van der Waals surface area contributed by atoms with Crippen LogP contribution in [-0.4, -0.2) is 48.8 Å². The minimum Gasteiger partial charge on any atom is -0.480 e. The highest BCUT2D eigenvalue weighted by Crippen LogP contribution is 2.17. The molecular formula is C17H26N2O5S. The Labute approximate surface area is 149 Å². The standard InChI is InChI=1S/C17H26N2O5S/c1-6-12(4)15(17(21)22)18-16(20)13-7-9-14(10-8-13)25(23,24)19(5)11(2)3/h7-12,15H,6H2,1-5H3,(H,18,20)(H,21,22). The lowest BCUT2D eigenvalue weighted by Crippen LogP contribution is -2.45. The van der Waals surface area contributed by atoms with Crippen molar-refractivity contribution in [3.63, 3.8) is 0 Å². The Morgan fingerprint density at radius 3 is 2.08 bits per heavy atom. The fourth-order valence-electron chi connectivity index (χ4n) is 2.13. The average Bonchev–Trinajstić information content (AvgIpc) is 2.57. The van der Waals surface area contributed by atoms with Gasteiger partial charge in [0, 0.05) is 18.7 Å². The van der Waals surface area contributed by atoms with Crippen LogP contribution in [0.1, 0.15) is 44.5 Å². The van der Waals surface area contributed by atoms with Gasteiger partial charge in [0.15, 0.2) is 0 Å². The Bertz CT molecular complexity index is 713. The lowest BCUT2D eigenvalue weighted by molar-refractivity contribution is -0.140. The van der Waals surface area contributed by atoms with Crippen molar-refractivity contribution in [2.75, 3.05) is 7.05 Å². The first-order chi connectivity index (χ1) is 11.5. The number of nitrogens with one attached hydrogen (secondary N) is 1. The topological polar surface area (TPSA) is 104 Å². The summed E-state index contributed by atoms with van der Waals surface area (Å²) in [5, 5.41) is 11.7. The maximum absolute atomic E-state index is 12.4. The fourth-order valence-corrected chi connectivity index (χ4v) is 3.50. The van der Waals surface area contributed by atoms with Crippen molar-refractivity contribution in [3.05, 3.63) is 29.8 Å². The van der Waals surface area contributed by atoms with Crippen molar-refractivity contribution in [1.29, 1.82) is 0 Å². The summed E-state index contributed by atoms with van der Waals surface area (Å²) in [6.07, 6.45) is 0.607. The van der Waals surface area contributed by atoms with E-state index in [9.17, 15) is 23.1 Å². The van der Waals surface area contributed by atoms with E-state index in [2.05, 4.69) is 5.32 Å². The van der Waals surface area contributed by atoms with Gasteiger partial charge in [0.05, 0.1) is 4.90 Å². The van der Waals surface area contributed by atoms with Crippen molar-refractivity contribution in [2.24, 2.45) is 5.92 Å². The highest BCUT2D eigenvalue weighted by Gasteiger charge is 2.26. The maximum atomic E-state index is 12.4. The van der Waals surface area contributed by atoms with Gasteiger partial charge in [-0.3, -0.25) is 4.79 Å². The monoisotopic (exact) mass is 370 g/mol. The zero-order valence-electron chi connectivity index (χ0n) is 15.2. The molecule has 0 bridgehead atoms. The molecule has 0 aliphatic heterocycles. The van der Waals surface area contributed by atoms with Gasteiger partial charge in [-0.15, -0.1) is 0 Å². The van der Waals surface area contributed by atoms with Crippen LogP contribution < -0.4 is 5.32 Å². The van der Waals surface area contributed by atoms with Crippen LogP contribution in [0.5, 0.6) is 0 Å². The molecular weight excluding hydrogens is 344 g/mol. The summed E-state index contributed by atoms with van der Waals surface area (Å²) in [4.78, 5) is 23.6. The number of hydrogen-bond donors (Lipinski definition) is 2. The summed E-state index contributed by atoms with van der Waals surface area (Å²) in [6.45, 7) is 7.12. The highest BCUT2D eigenvalue weighted by molar-refractivity contribution is 7.89. The summed E-state index contributed by atoms with van der Waals surface area (Å²) in [5.41, 5.74) is 0.209. The third-order valence-electron chi connectivity index (χ3n) is 4.29. The SMILES string of the molecule is CCC(C)C(NC(=O)c1ccc(S(=O)(=O)N(C)C(C)C)cc1)C(=O)O. The van der Waals surface area contributed by atoms with Crippen LogP contribution >= 0.6 is 0 Å². The lowest BCUT2D eigenvalue weighted by Gasteiger charge is -2.21. The van der Waals surface area contributed by atoms with Crippen LogP contribution in [0.4, 0.5) is 0 Å². The van der Waals surface area contributed by atoms with Gasteiger partial charge in [-0.25, -0.2) is 13.2 Å². The van der Waals surface area contributed by atoms with E-state index in [0.29, 0.717) is 6.42 Å². The predicted molar refractivity (Wildman–Crippen MR) is 94.9 cm³/mol. The van der Waals surface area contributed by atoms with Gasteiger partial charge >= 0.3 is 5.97 Å². The Morgan fingerprint density at radius 1 is 1.16 bits per heavy atom. The molecule has 8 heteroatoms. The molecule has 2 N–H and O–H groups in total. The van der Waals surface area contributed by atoms with Gasteiger partial charge in [-0.05, 0) is 44.0 Å². The number of rotatable bonds is 8. The number of nitrogens with zero attached hydrogens (tertiary/aromatic N) is 1. The Morgan fingerprint density at radius 2 is 1.68 bits per heavy atom. The van der Waals surface area contributed by atoms with Gasteiger partial charge in [0.1, 0.15) is 6.04 Å². The van der Waals surface area contributed by atoms with Crippen LogP contribution in [0.25, 0.3) is 0 Å². The average molecular weight is 370 g/mol. The molecule has 1 rings (SSSR count). The zero-order valence-corrected chi connectivity index (χ0v) is 16.0. The number of carbonyl (C=O) groups is 2. The molecule has 0 aliphatic rings. The van der Waals surface area contributed by atoms with E-state index in [-0.39, 0.29) is 22.4 Å². The van der Waals surface area contributed by atoms with Crippen LogP contribution in [0.3, 0.4) is 0 Å². The molecule has 0 radical (unpaired) electrons. The van der Waals surface area contributed by atoms with E-state index in [0.717, 1.165) is 0 Å². The number of carbonyl (C=O) groups excluding carboxylic acids is 1. The molecule has 0 saturated heterocycles. The molecule has 7 nitrogen and oxygen atoms in total. The van der Waals surface area contributed by atoms with Crippen molar-refractivity contribution < 1.29 is 23.1 Å². The number of sulfonamides is 1. The number of carboxylic acid groups (broad SMARTS) is 1. The van der Waals surface area contributed by atoms with Gasteiger partial charge in [0.2, 0.25) is 10.0 Å². The van der Waals surface area contributed by atoms with E-state index >= 15 is 0 Å².